The number of ketones is 1. The van der Waals surface area contributed by atoms with Crippen LogP contribution in [0.4, 0.5) is 0 Å². The molecule has 142 valence electrons. The highest BCUT2D eigenvalue weighted by Gasteiger charge is 2.27. The molecule has 0 fully saturated rings. The molecule has 0 saturated carbocycles. The number of Topliss-reactive ketones (excluding diaryl/α,β-unsaturated/α-hetero) is 1. The van der Waals surface area contributed by atoms with Gasteiger partial charge in [-0.05, 0) is 57.9 Å². The number of carbonyl (C=O) groups is 3. The summed E-state index contributed by atoms with van der Waals surface area (Å²) in [6, 6.07) is 12.2. The highest BCUT2D eigenvalue weighted by Crippen LogP contribution is 2.18. The number of benzene rings is 2. The zero-order valence-electron chi connectivity index (χ0n) is 16.2. The van der Waals surface area contributed by atoms with Crippen LogP contribution in [-0.4, -0.2) is 29.9 Å². The van der Waals surface area contributed by atoms with Crippen LogP contribution < -0.4 is 0 Å². The van der Waals surface area contributed by atoms with E-state index in [9.17, 15) is 14.4 Å². The van der Waals surface area contributed by atoms with E-state index in [1.807, 2.05) is 19.1 Å². The third-order valence-electron chi connectivity index (χ3n) is 4.35. The van der Waals surface area contributed by atoms with E-state index in [0.717, 1.165) is 16.7 Å². The normalized spacial score (nSPS) is 12.8. The third-order valence-corrected chi connectivity index (χ3v) is 4.35. The van der Waals surface area contributed by atoms with Gasteiger partial charge in [-0.3, -0.25) is 4.79 Å². The lowest BCUT2D eigenvalue weighted by atomic mass is 9.96. The lowest BCUT2D eigenvalue weighted by Crippen LogP contribution is -2.33. The van der Waals surface area contributed by atoms with Gasteiger partial charge in [0.05, 0.1) is 5.56 Å². The first-order valence-corrected chi connectivity index (χ1v) is 8.80. The van der Waals surface area contributed by atoms with Crippen LogP contribution in [0.1, 0.15) is 51.3 Å². The largest absolute Gasteiger partial charge is 0.455 e. The Kier molecular flexibility index (Phi) is 6.50. The molecular formula is C22H24O5. The van der Waals surface area contributed by atoms with E-state index in [0.29, 0.717) is 11.1 Å². The van der Waals surface area contributed by atoms with Gasteiger partial charge in [-0.2, -0.15) is 0 Å². The van der Waals surface area contributed by atoms with E-state index in [-0.39, 0.29) is 0 Å². The summed E-state index contributed by atoms with van der Waals surface area (Å²) in [6.45, 7) is 8.70. The van der Waals surface area contributed by atoms with Crippen LogP contribution in [0, 0.1) is 20.8 Å². The van der Waals surface area contributed by atoms with Crippen molar-refractivity contribution >= 4 is 17.7 Å². The van der Waals surface area contributed by atoms with Crippen LogP contribution >= 0.6 is 0 Å². The van der Waals surface area contributed by atoms with Crippen molar-refractivity contribution in [2.75, 3.05) is 0 Å². The zero-order chi connectivity index (χ0) is 20.1. The Bertz CT molecular complexity index is 831. The summed E-state index contributed by atoms with van der Waals surface area (Å²) >= 11 is 0. The van der Waals surface area contributed by atoms with Gasteiger partial charge in [-0.15, -0.1) is 0 Å². The molecule has 2 aromatic rings. The standard InChI is InChI=1S/C22H24O5/c1-13-11-14(2)19(15(3)12-13)20(23)22(25)27-17(5)16(4)26-21(24)18-9-7-6-8-10-18/h6-12,16-17H,1-5H3. The number of rotatable bonds is 6. The predicted molar refractivity (Wildman–Crippen MR) is 102 cm³/mol. The molecule has 0 spiro atoms. The van der Waals surface area contributed by atoms with E-state index in [1.54, 1.807) is 58.0 Å². The first-order valence-electron chi connectivity index (χ1n) is 8.80. The lowest BCUT2D eigenvalue weighted by molar-refractivity contribution is -0.147. The van der Waals surface area contributed by atoms with Crippen LogP contribution in [0.15, 0.2) is 42.5 Å². The Morgan fingerprint density at radius 2 is 1.33 bits per heavy atom. The quantitative estimate of drug-likeness (QED) is 0.438. The van der Waals surface area contributed by atoms with Gasteiger partial charge in [-0.1, -0.05) is 35.9 Å². The maximum Gasteiger partial charge on any atom is 0.380 e. The van der Waals surface area contributed by atoms with Crippen molar-refractivity contribution < 1.29 is 23.9 Å². The van der Waals surface area contributed by atoms with Crippen molar-refractivity contribution in [3.63, 3.8) is 0 Å². The Balaban J connectivity index is 2.02. The second-order valence-electron chi connectivity index (χ2n) is 6.69. The van der Waals surface area contributed by atoms with Gasteiger partial charge in [0, 0.05) is 5.56 Å². The third kappa shape index (κ3) is 5.03. The molecule has 0 aromatic heterocycles. The molecule has 0 aliphatic carbocycles. The summed E-state index contributed by atoms with van der Waals surface area (Å²) in [4.78, 5) is 36.9. The van der Waals surface area contributed by atoms with Crippen molar-refractivity contribution in [2.24, 2.45) is 0 Å². The molecular weight excluding hydrogens is 344 g/mol. The molecule has 5 heteroatoms. The second kappa shape index (κ2) is 8.62. The first kappa shape index (κ1) is 20.4. The van der Waals surface area contributed by atoms with Crippen LogP contribution in [0.5, 0.6) is 0 Å². The minimum absolute atomic E-state index is 0.353. The van der Waals surface area contributed by atoms with E-state index in [2.05, 4.69) is 0 Å². The van der Waals surface area contributed by atoms with E-state index in [4.69, 9.17) is 9.47 Å². The maximum absolute atomic E-state index is 12.5. The number of esters is 2. The molecule has 0 heterocycles. The van der Waals surface area contributed by atoms with Gasteiger partial charge in [0.1, 0.15) is 12.2 Å². The van der Waals surface area contributed by atoms with Crippen molar-refractivity contribution in [1.82, 2.24) is 0 Å². The molecule has 0 aliphatic heterocycles. The van der Waals surface area contributed by atoms with E-state index < -0.39 is 29.9 Å². The van der Waals surface area contributed by atoms with Crippen molar-refractivity contribution in [2.45, 2.75) is 46.8 Å². The Morgan fingerprint density at radius 3 is 1.89 bits per heavy atom. The van der Waals surface area contributed by atoms with Crippen LogP contribution in [0.2, 0.25) is 0 Å². The second-order valence-corrected chi connectivity index (χ2v) is 6.69. The number of hydrogen-bond acceptors (Lipinski definition) is 5. The Labute approximate surface area is 159 Å². The van der Waals surface area contributed by atoms with Gasteiger partial charge in [0.2, 0.25) is 0 Å². The molecule has 0 radical (unpaired) electrons. The van der Waals surface area contributed by atoms with Crippen LogP contribution in [0.3, 0.4) is 0 Å². The molecule has 2 unspecified atom stereocenters. The molecule has 0 aliphatic rings. The maximum atomic E-state index is 12.5. The first-order chi connectivity index (χ1) is 12.7. The summed E-state index contributed by atoms with van der Waals surface area (Å²) in [5.41, 5.74) is 3.23. The molecule has 27 heavy (non-hydrogen) atoms. The minimum atomic E-state index is -0.958. The average molecular weight is 368 g/mol. The van der Waals surface area contributed by atoms with Gasteiger partial charge in [-0.25, -0.2) is 9.59 Å². The molecule has 5 nitrogen and oxygen atoms in total. The monoisotopic (exact) mass is 368 g/mol. The van der Waals surface area contributed by atoms with Gasteiger partial charge < -0.3 is 9.47 Å². The van der Waals surface area contributed by atoms with Gasteiger partial charge in [0.25, 0.3) is 5.78 Å². The number of carbonyl (C=O) groups excluding carboxylic acids is 3. The Hall–Kier alpha value is -2.95. The summed E-state index contributed by atoms with van der Waals surface area (Å²) in [7, 11) is 0. The van der Waals surface area contributed by atoms with E-state index in [1.165, 1.54) is 0 Å². The minimum Gasteiger partial charge on any atom is -0.455 e. The fourth-order valence-electron chi connectivity index (χ4n) is 2.87. The molecule has 2 rings (SSSR count). The lowest BCUT2D eigenvalue weighted by Gasteiger charge is -2.21. The number of hydrogen-bond donors (Lipinski definition) is 0. The van der Waals surface area contributed by atoms with Crippen LogP contribution in [-0.2, 0) is 14.3 Å². The fraction of sp³-hybridized carbons (Fsp3) is 0.318. The summed E-state index contributed by atoms with van der Waals surface area (Å²) < 4.78 is 10.6. The van der Waals surface area contributed by atoms with Crippen molar-refractivity contribution in [3.05, 3.63) is 70.3 Å². The summed E-state index contributed by atoms with van der Waals surface area (Å²) in [5.74, 6) is -2.17. The topological polar surface area (TPSA) is 69.7 Å². The van der Waals surface area contributed by atoms with Crippen LogP contribution in [0.25, 0.3) is 0 Å². The molecule has 0 amide bonds. The van der Waals surface area contributed by atoms with Gasteiger partial charge in [0.15, 0.2) is 0 Å². The van der Waals surface area contributed by atoms with Gasteiger partial charge >= 0.3 is 11.9 Å². The molecule has 0 bridgehead atoms. The number of ether oxygens (including phenoxy) is 2. The predicted octanol–water partition coefficient (Wildman–Crippen LogP) is 3.97. The average Bonchev–Trinajstić information content (AvgIpc) is 2.61. The van der Waals surface area contributed by atoms with Crippen molar-refractivity contribution in [1.29, 1.82) is 0 Å². The summed E-state index contributed by atoms with van der Waals surface area (Å²) in [5, 5.41) is 0. The molecule has 2 aromatic carbocycles. The smallest absolute Gasteiger partial charge is 0.380 e. The number of aryl methyl sites for hydroxylation is 3. The highest BCUT2D eigenvalue weighted by atomic mass is 16.6. The molecule has 0 saturated heterocycles. The fourth-order valence-corrected chi connectivity index (χ4v) is 2.87. The van der Waals surface area contributed by atoms with Crippen molar-refractivity contribution in [3.8, 4) is 0 Å². The SMILES string of the molecule is Cc1cc(C)c(C(=O)C(=O)OC(C)C(C)OC(=O)c2ccccc2)c(C)c1. The molecule has 0 N–H and O–H groups in total. The highest BCUT2D eigenvalue weighted by molar-refractivity contribution is 6.41. The zero-order valence-corrected chi connectivity index (χ0v) is 16.2. The molecule has 2 atom stereocenters. The Morgan fingerprint density at radius 1 is 0.815 bits per heavy atom. The summed E-state index contributed by atoms with van der Waals surface area (Å²) in [6.07, 6.45) is -1.46. The van der Waals surface area contributed by atoms with E-state index >= 15 is 0 Å².